The quantitative estimate of drug-likeness (QED) is 0.0324. The summed E-state index contributed by atoms with van der Waals surface area (Å²) >= 11 is 0. The van der Waals surface area contributed by atoms with Gasteiger partial charge in [-0.1, -0.05) is 78.0 Å². The van der Waals surface area contributed by atoms with Gasteiger partial charge in [0.15, 0.2) is 0 Å². The highest BCUT2D eigenvalue weighted by atomic mass is 31.3. The van der Waals surface area contributed by atoms with Gasteiger partial charge in [0, 0.05) is 0 Å². The van der Waals surface area contributed by atoms with Gasteiger partial charge in [0.25, 0.3) is 0 Å². The molecule has 0 bridgehead atoms. The lowest BCUT2D eigenvalue weighted by Crippen LogP contribution is -2.08. The average Bonchev–Trinajstić information content (AvgIpc) is 3.31. The maximum absolute atomic E-state index is 6.86. The molecule has 1 aliphatic heterocycles. The molecule has 18 heteroatoms. The fraction of sp³-hybridized carbons (Fsp3) is 0.750. The van der Waals surface area contributed by atoms with E-state index in [2.05, 4.69) is 39.5 Å². The van der Waals surface area contributed by atoms with E-state index in [-0.39, 0.29) is 0 Å². The molecule has 0 saturated carbocycles. The summed E-state index contributed by atoms with van der Waals surface area (Å²) in [5, 5.41) is 0. The topological polar surface area (TPSA) is 148 Å². The van der Waals surface area contributed by atoms with Crippen LogP contribution < -0.4 is 0 Å². The highest BCUT2D eigenvalue weighted by molar-refractivity contribution is 7.78. The molecule has 0 radical (unpaired) electrons. The Morgan fingerprint density at radius 3 is 0.485 bits per heavy atom. The van der Waals surface area contributed by atoms with Crippen LogP contribution in [0.1, 0.15) is 154 Å². The van der Waals surface area contributed by atoms with Crippen molar-refractivity contribution in [3.8, 4) is 0 Å². The van der Waals surface area contributed by atoms with Crippen LogP contribution in [-0.4, -0.2) is 79.3 Å². The fourth-order valence-corrected chi connectivity index (χ4v) is 16.1. The van der Waals surface area contributed by atoms with Gasteiger partial charge in [0.1, 0.15) is 0 Å². The van der Waals surface area contributed by atoms with Crippen molar-refractivity contribution in [3.63, 3.8) is 0 Å². The first kappa shape index (κ1) is 61.7. The SMILES string of the molecule is C=COCCCCCCOP1(OCCCCCCOC=C)=NP(OCCCCCCOC=C)(OCCCCCCOC=C)=NP(OCCCCCCOC=C)(OCCCCCCOC=C)=N1. The molecule has 0 fully saturated rings. The van der Waals surface area contributed by atoms with E-state index in [1.54, 1.807) is 0 Å². The number of ether oxygens (including phenoxy) is 6. The first-order chi connectivity index (χ1) is 32.5. The van der Waals surface area contributed by atoms with E-state index in [0.717, 1.165) is 154 Å². The van der Waals surface area contributed by atoms with Crippen molar-refractivity contribution in [1.29, 1.82) is 0 Å². The molecule has 0 aromatic carbocycles. The summed E-state index contributed by atoms with van der Waals surface area (Å²) < 4.78 is 89.3. The predicted molar refractivity (Wildman–Crippen MR) is 271 cm³/mol. The van der Waals surface area contributed by atoms with Gasteiger partial charge in [-0.05, 0) is 116 Å². The van der Waals surface area contributed by atoms with Gasteiger partial charge in [-0.25, -0.2) is 0 Å². The zero-order valence-corrected chi connectivity index (χ0v) is 43.4. The molecular formula is C48H90N3O12P3. The number of rotatable bonds is 54. The van der Waals surface area contributed by atoms with Gasteiger partial charge < -0.3 is 55.6 Å². The molecule has 0 N–H and O–H groups in total. The maximum Gasteiger partial charge on any atom is 0.349 e. The summed E-state index contributed by atoms with van der Waals surface area (Å²) in [5.41, 5.74) is 0. The number of nitrogens with zero attached hydrogens (tertiary/aromatic N) is 3. The van der Waals surface area contributed by atoms with Crippen molar-refractivity contribution in [3.05, 3.63) is 77.0 Å². The molecule has 1 rings (SSSR count). The van der Waals surface area contributed by atoms with Crippen molar-refractivity contribution < 1.29 is 55.6 Å². The molecule has 0 aromatic rings. The molecule has 1 heterocycles. The summed E-state index contributed by atoms with van der Waals surface area (Å²) in [6.45, 7) is 28.0. The van der Waals surface area contributed by atoms with Crippen LogP contribution in [-0.2, 0) is 55.6 Å². The Hall–Kier alpha value is -2.31. The van der Waals surface area contributed by atoms with Crippen LogP contribution >= 0.6 is 23.0 Å². The highest BCUT2D eigenvalue weighted by Gasteiger charge is 2.43. The molecule has 0 amide bonds. The average molecular weight is 994 g/mol. The first-order valence-corrected chi connectivity index (χ1v) is 29.2. The monoisotopic (exact) mass is 994 g/mol. The molecule has 0 spiro atoms. The largest absolute Gasteiger partial charge is 0.502 e. The summed E-state index contributed by atoms with van der Waals surface area (Å²) in [7, 11) is -10.5. The highest BCUT2D eigenvalue weighted by Crippen LogP contribution is 2.80. The summed E-state index contributed by atoms with van der Waals surface area (Å²) in [6, 6.07) is 0. The van der Waals surface area contributed by atoms with E-state index in [9.17, 15) is 0 Å². The Morgan fingerprint density at radius 1 is 0.212 bits per heavy atom. The molecule has 15 nitrogen and oxygen atoms in total. The molecule has 384 valence electrons. The van der Waals surface area contributed by atoms with E-state index in [0.29, 0.717) is 79.3 Å². The van der Waals surface area contributed by atoms with Crippen LogP contribution in [0.4, 0.5) is 0 Å². The van der Waals surface area contributed by atoms with Crippen LogP contribution in [0.15, 0.2) is 90.6 Å². The van der Waals surface area contributed by atoms with E-state index in [1.807, 2.05) is 0 Å². The minimum atomic E-state index is -3.49. The first-order valence-electron chi connectivity index (χ1n) is 24.6. The van der Waals surface area contributed by atoms with Crippen molar-refractivity contribution in [2.75, 3.05) is 79.3 Å². The van der Waals surface area contributed by atoms with Crippen LogP contribution in [0, 0.1) is 0 Å². The minimum absolute atomic E-state index is 0.376. The van der Waals surface area contributed by atoms with Crippen LogP contribution in [0.25, 0.3) is 0 Å². The molecule has 0 atom stereocenters. The van der Waals surface area contributed by atoms with Gasteiger partial charge in [-0.2, -0.15) is 0 Å². The van der Waals surface area contributed by atoms with Crippen molar-refractivity contribution in [1.82, 2.24) is 0 Å². The van der Waals surface area contributed by atoms with Crippen LogP contribution in [0.3, 0.4) is 0 Å². The Kier molecular flexibility index (Phi) is 42.2. The summed E-state index contributed by atoms with van der Waals surface area (Å²) in [5.74, 6) is 0. The van der Waals surface area contributed by atoms with Crippen LogP contribution in [0.5, 0.6) is 0 Å². The standard InChI is InChI=1S/C48H90N3O12P3/c1-7-52-37-25-13-19-31-43-58-64(59-44-32-20-14-26-38-53-8-2)49-65(60-45-33-21-15-27-39-54-9-3,61-46-34-22-16-28-40-55-10-4)51-66(50-64,62-47-35-23-17-29-41-56-11-5)63-48-36-24-18-30-42-57-12-6/h7-12H,1-6,13-48H2. The van der Waals surface area contributed by atoms with Crippen LogP contribution in [0.2, 0.25) is 0 Å². The molecule has 0 aliphatic carbocycles. The molecule has 0 saturated heterocycles. The van der Waals surface area contributed by atoms with Gasteiger partial charge in [0.2, 0.25) is 0 Å². The molecular weight excluding hydrogens is 903 g/mol. The second-order valence-corrected chi connectivity index (χ2v) is 22.1. The van der Waals surface area contributed by atoms with E-state index >= 15 is 0 Å². The van der Waals surface area contributed by atoms with E-state index in [4.69, 9.17) is 69.1 Å². The third kappa shape index (κ3) is 34.0. The number of unbranched alkanes of at least 4 members (excludes halogenated alkanes) is 18. The molecule has 0 aromatic heterocycles. The van der Waals surface area contributed by atoms with Crippen molar-refractivity contribution in [2.24, 2.45) is 13.5 Å². The normalized spacial score (nSPS) is 14.4. The molecule has 1 aliphatic rings. The third-order valence-corrected chi connectivity index (χ3v) is 18.4. The number of hydrogen-bond acceptors (Lipinski definition) is 15. The lowest BCUT2D eigenvalue weighted by molar-refractivity contribution is 0.203. The second kappa shape index (κ2) is 45.2. The van der Waals surface area contributed by atoms with Gasteiger partial charge in [-0.15, -0.1) is 13.5 Å². The smallest absolute Gasteiger partial charge is 0.349 e. The summed E-state index contributed by atoms with van der Waals surface area (Å²) in [6.07, 6.45) is 30.6. The Morgan fingerprint density at radius 2 is 0.348 bits per heavy atom. The third-order valence-electron chi connectivity index (χ3n) is 9.88. The number of hydrogen-bond donors (Lipinski definition) is 0. The van der Waals surface area contributed by atoms with E-state index < -0.39 is 23.0 Å². The predicted octanol–water partition coefficient (Wildman–Crippen LogP) is 16.3. The summed E-state index contributed by atoms with van der Waals surface area (Å²) in [4.78, 5) is 0. The Labute approximate surface area is 401 Å². The van der Waals surface area contributed by atoms with Gasteiger partial charge in [0.05, 0.1) is 117 Å². The second-order valence-electron chi connectivity index (χ2n) is 15.4. The zero-order chi connectivity index (χ0) is 47.8. The lowest BCUT2D eigenvalue weighted by atomic mass is 10.2. The van der Waals surface area contributed by atoms with E-state index in [1.165, 1.54) is 37.6 Å². The van der Waals surface area contributed by atoms with Crippen molar-refractivity contribution >= 4 is 23.0 Å². The molecule has 0 unspecified atom stereocenters. The molecule has 66 heavy (non-hydrogen) atoms. The minimum Gasteiger partial charge on any atom is -0.502 e. The zero-order valence-electron chi connectivity index (χ0n) is 40.7. The lowest BCUT2D eigenvalue weighted by Gasteiger charge is -2.33. The fourth-order valence-electron chi connectivity index (χ4n) is 6.35. The Bertz CT molecular complexity index is 1140. The van der Waals surface area contributed by atoms with Gasteiger partial charge >= 0.3 is 23.0 Å². The maximum atomic E-state index is 6.86. The van der Waals surface area contributed by atoms with Gasteiger partial charge in [-0.3, -0.25) is 0 Å². The van der Waals surface area contributed by atoms with Crippen molar-refractivity contribution in [2.45, 2.75) is 154 Å². The Balaban J connectivity index is 3.73.